The molecule has 1 fully saturated rings. The standard InChI is InChI=1S/C16H26N2O3S2/c1-3-5-14-13(4-2)12-15(22-14)16(19)17-6-7-18-8-10-23(20,21)11-9-18/h12H,3-11H2,1-2H3,(H,17,19). The van der Waals surface area contributed by atoms with E-state index in [-0.39, 0.29) is 17.4 Å². The van der Waals surface area contributed by atoms with Crippen molar-refractivity contribution in [1.29, 1.82) is 0 Å². The molecule has 130 valence electrons. The van der Waals surface area contributed by atoms with Crippen LogP contribution in [-0.4, -0.2) is 56.9 Å². The van der Waals surface area contributed by atoms with E-state index in [1.165, 1.54) is 10.4 Å². The lowest BCUT2D eigenvalue weighted by atomic mass is 10.1. The summed E-state index contributed by atoms with van der Waals surface area (Å²) in [5.74, 6) is 0.440. The number of carbonyl (C=O) groups is 1. The van der Waals surface area contributed by atoms with Gasteiger partial charge in [0.1, 0.15) is 0 Å². The van der Waals surface area contributed by atoms with E-state index in [2.05, 4.69) is 24.1 Å². The maximum Gasteiger partial charge on any atom is 0.261 e. The van der Waals surface area contributed by atoms with Crippen molar-refractivity contribution in [3.63, 3.8) is 0 Å². The Labute approximate surface area is 143 Å². The molecule has 0 saturated carbocycles. The Morgan fingerprint density at radius 1 is 1.30 bits per heavy atom. The minimum Gasteiger partial charge on any atom is -0.350 e. The molecular formula is C16H26N2O3S2. The van der Waals surface area contributed by atoms with Crippen LogP contribution in [0.2, 0.25) is 0 Å². The highest BCUT2D eigenvalue weighted by Crippen LogP contribution is 2.24. The lowest BCUT2D eigenvalue weighted by Gasteiger charge is -2.26. The Balaban J connectivity index is 1.81. The molecule has 0 radical (unpaired) electrons. The van der Waals surface area contributed by atoms with Crippen LogP contribution in [0.25, 0.3) is 0 Å². The summed E-state index contributed by atoms with van der Waals surface area (Å²) in [6.45, 7) is 6.66. The summed E-state index contributed by atoms with van der Waals surface area (Å²) >= 11 is 1.60. The molecule has 2 rings (SSSR count). The number of carbonyl (C=O) groups excluding carboxylic acids is 1. The van der Waals surface area contributed by atoms with Crippen molar-refractivity contribution < 1.29 is 13.2 Å². The van der Waals surface area contributed by atoms with Gasteiger partial charge in [-0.3, -0.25) is 9.69 Å². The maximum atomic E-state index is 12.3. The molecular weight excluding hydrogens is 332 g/mol. The Bertz CT molecular complexity index is 624. The van der Waals surface area contributed by atoms with Crippen LogP contribution in [0.15, 0.2) is 6.07 Å². The molecule has 5 nitrogen and oxygen atoms in total. The van der Waals surface area contributed by atoms with E-state index >= 15 is 0 Å². The predicted molar refractivity (Wildman–Crippen MR) is 95.1 cm³/mol. The first-order valence-electron chi connectivity index (χ1n) is 8.27. The van der Waals surface area contributed by atoms with Crippen molar-refractivity contribution in [3.05, 3.63) is 21.4 Å². The van der Waals surface area contributed by atoms with Crippen LogP contribution in [0.4, 0.5) is 0 Å². The Kier molecular flexibility index (Phi) is 6.61. The second-order valence-corrected chi connectivity index (χ2v) is 9.35. The van der Waals surface area contributed by atoms with Gasteiger partial charge in [0.2, 0.25) is 0 Å². The monoisotopic (exact) mass is 358 g/mol. The summed E-state index contributed by atoms with van der Waals surface area (Å²) in [5.41, 5.74) is 1.28. The van der Waals surface area contributed by atoms with Crippen LogP contribution >= 0.6 is 11.3 Å². The first kappa shape index (κ1) is 18.4. The molecule has 1 N–H and O–H groups in total. The van der Waals surface area contributed by atoms with E-state index in [0.29, 0.717) is 26.2 Å². The van der Waals surface area contributed by atoms with Gasteiger partial charge in [0, 0.05) is 31.1 Å². The van der Waals surface area contributed by atoms with Gasteiger partial charge >= 0.3 is 0 Å². The number of nitrogens with one attached hydrogen (secondary N) is 1. The Morgan fingerprint density at radius 2 is 2.00 bits per heavy atom. The molecule has 0 bridgehead atoms. The summed E-state index contributed by atoms with van der Waals surface area (Å²) in [6, 6.07) is 2.01. The summed E-state index contributed by atoms with van der Waals surface area (Å²) < 4.78 is 22.8. The van der Waals surface area contributed by atoms with E-state index in [4.69, 9.17) is 0 Å². The van der Waals surface area contributed by atoms with Crippen LogP contribution in [0.3, 0.4) is 0 Å². The van der Waals surface area contributed by atoms with Gasteiger partial charge < -0.3 is 5.32 Å². The average molecular weight is 359 g/mol. The predicted octanol–water partition coefficient (Wildman–Crippen LogP) is 1.72. The number of amides is 1. The lowest BCUT2D eigenvalue weighted by Crippen LogP contribution is -2.43. The molecule has 0 spiro atoms. The molecule has 1 aliphatic rings. The van der Waals surface area contributed by atoms with Crippen molar-refractivity contribution >= 4 is 27.1 Å². The highest BCUT2D eigenvalue weighted by atomic mass is 32.2. The van der Waals surface area contributed by atoms with Gasteiger partial charge in [-0.2, -0.15) is 0 Å². The maximum absolute atomic E-state index is 12.3. The topological polar surface area (TPSA) is 66.5 Å². The van der Waals surface area contributed by atoms with Crippen molar-refractivity contribution in [2.24, 2.45) is 0 Å². The second-order valence-electron chi connectivity index (χ2n) is 5.91. The minimum absolute atomic E-state index is 0.0170. The van der Waals surface area contributed by atoms with Crippen LogP contribution in [0.5, 0.6) is 0 Å². The van der Waals surface area contributed by atoms with Crippen molar-refractivity contribution in [3.8, 4) is 0 Å². The van der Waals surface area contributed by atoms with E-state index < -0.39 is 9.84 Å². The van der Waals surface area contributed by atoms with Crippen molar-refractivity contribution in [1.82, 2.24) is 10.2 Å². The third-order valence-electron chi connectivity index (χ3n) is 4.13. The average Bonchev–Trinajstić information content (AvgIpc) is 2.92. The SMILES string of the molecule is CCCc1sc(C(=O)NCCN2CCS(=O)(=O)CC2)cc1CC. The number of thiophene rings is 1. The number of nitrogens with zero attached hydrogens (tertiary/aromatic N) is 1. The van der Waals surface area contributed by atoms with Gasteiger partial charge in [-0.05, 0) is 24.5 Å². The number of aryl methyl sites for hydroxylation is 2. The molecule has 23 heavy (non-hydrogen) atoms. The third-order valence-corrected chi connectivity index (χ3v) is 6.97. The summed E-state index contributed by atoms with van der Waals surface area (Å²) in [7, 11) is -2.84. The number of hydrogen-bond acceptors (Lipinski definition) is 5. The van der Waals surface area contributed by atoms with Gasteiger partial charge in [0.15, 0.2) is 9.84 Å². The molecule has 0 atom stereocenters. The number of hydrogen-bond donors (Lipinski definition) is 1. The molecule has 0 unspecified atom stereocenters. The van der Waals surface area contributed by atoms with Gasteiger partial charge in [0.25, 0.3) is 5.91 Å². The van der Waals surface area contributed by atoms with Crippen molar-refractivity contribution in [2.75, 3.05) is 37.7 Å². The fourth-order valence-electron chi connectivity index (χ4n) is 2.70. The molecule has 1 aromatic rings. The van der Waals surface area contributed by atoms with E-state index in [1.54, 1.807) is 11.3 Å². The van der Waals surface area contributed by atoms with Crippen LogP contribution in [-0.2, 0) is 22.7 Å². The van der Waals surface area contributed by atoms with Gasteiger partial charge in [-0.1, -0.05) is 20.3 Å². The molecule has 1 saturated heterocycles. The molecule has 0 aliphatic carbocycles. The van der Waals surface area contributed by atoms with Crippen molar-refractivity contribution in [2.45, 2.75) is 33.1 Å². The summed E-state index contributed by atoms with van der Waals surface area (Å²) in [4.78, 5) is 16.5. The first-order chi connectivity index (χ1) is 10.9. The highest BCUT2D eigenvalue weighted by Gasteiger charge is 2.21. The second kappa shape index (κ2) is 8.26. The van der Waals surface area contributed by atoms with E-state index in [0.717, 1.165) is 24.1 Å². The molecule has 1 aliphatic heterocycles. The fraction of sp³-hybridized carbons (Fsp3) is 0.688. The molecule has 0 aromatic carbocycles. The fourth-order valence-corrected chi connectivity index (χ4v) is 5.25. The quantitative estimate of drug-likeness (QED) is 0.806. The lowest BCUT2D eigenvalue weighted by molar-refractivity contribution is 0.0952. The van der Waals surface area contributed by atoms with Gasteiger partial charge in [-0.15, -0.1) is 11.3 Å². The van der Waals surface area contributed by atoms with Crippen LogP contribution in [0.1, 0.15) is 40.4 Å². The highest BCUT2D eigenvalue weighted by molar-refractivity contribution is 7.91. The largest absolute Gasteiger partial charge is 0.350 e. The van der Waals surface area contributed by atoms with E-state index in [9.17, 15) is 13.2 Å². The molecule has 1 amide bonds. The number of rotatable bonds is 7. The minimum atomic E-state index is -2.84. The number of sulfone groups is 1. The zero-order chi connectivity index (χ0) is 16.9. The third kappa shape index (κ3) is 5.29. The van der Waals surface area contributed by atoms with Gasteiger partial charge in [-0.25, -0.2) is 8.42 Å². The Hall–Kier alpha value is -0.920. The zero-order valence-electron chi connectivity index (χ0n) is 13.9. The smallest absolute Gasteiger partial charge is 0.261 e. The summed E-state index contributed by atoms with van der Waals surface area (Å²) in [5, 5.41) is 2.95. The molecule has 2 heterocycles. The summed E-state index contributed by atoms with van der Waals surface area (Å²) in [6.07, 6.45) is 3.08. The molecule has 1 aromatic heterocycles. The molecule has 7 heteroatoms. The normalized spacial score (nSPS) is 18.0. The van der Waals surface area contributed by atoms with Crippen LogP contribution in [0, 0.1) is 0 Å². The Morgan fingerprint density at radius 3 is 2.61 bits per heavy atom. The van der Waals surface area contributed by atoms with Gasteiger partial charge in [0.05, 0.1) is 16.4 Å². The first-order valence-corrected chi connectivity index (χ1v) is 10.9. The van der Waals surface area contributed by atoms with Crippen LogP contribution < -0.4 is 5.32 Å². The van der Waals surface area contributed by atoms with E-state index in [1.807, 2.05) is 6.07 Å². The zero-order valence-corrected chi connectivity index (χ0v) is 15.6.